The molecule has 2 aromatic rings. The van der Waals surface area contributed by atoms with Crippen molar-refractivity contribution in [3.05, 3.63) is 36.2 Å². The van der Waals surface area contributed by atoms with E-state index in [-0.39, 0.29) is 12.1 Å². The number of nitrogens with zero attached hydrogens (tertiary/aromatic N) is 3. The molecule has 0 amide bonds. The van der Waals surface area contributed by atoms with Crippen LogP contribution in [0.4, 0.5) is 0 Å². The number of carbonyl (C=O) groups is 1. The second-order valence-electron chi connectivity index (χ2n) is 5.80. The lowest BCUT2D eigenvalue weighted by molar-refractivity contribution is -0.140. The van der Waals surface area contributed by atoms with Gasteiger partial charge in [0, 0.05) is 11.1 Å². The maximum absolute atomic E-state index is 11.0. The second kappa shape index (κ2) is 6.05. The Morgan fingerprint density at radius 1 is 1.29 bits per heavy atom. The normalized spacial score (nSPS) is 11.8. The Kier molecular flexibility index (Phi) is 4.37. The fourth-order valence-electron chi connectivity index (χ4n) is 1.88. The number of benzene rings is 1. The third-order valence-corrected chi connectivity index (χ3v) is 3.10. The van der Waals surface area contributed by atoms with Crippen molar-refractivity contribution in [1.82, 2.24) is 15.0 Å². The van der Waals surface area contributed by atoms with Gasteiger partial charge >= 0.3 is 5.97 Å². The lowest BCUT2D eigenvalue weighted by Crippen LogP contribution is -2.44. The van der Waals surface area contributed by atoms with Crippen LogP contribution in [-0.4, -0.2) is 38.2 Å². The van der Waals surface area contributed by atoms with Crippen LogP contribution in [0, 0.1) is 0 Å². The minimum Gasteiger partial charge on any atom is -0.480 e. The van der Waals surface area contributed by atoms with E-state index in [1.54, 1.807) is 4.90 Å². The van der Waals surface area contributed by atoms with Crippen molar-refractivity contribution in [2.24, 2.45) is 0 Å². The summed E-state index contributed by atoms with van der Waals surface area (Å²) in [6, 6.07) is 9.47. The fraction of sp³-hybridized carbons (Fsp3) is 0.400. The molecule has 0 saturated carbocycles. The largest absolute Gasteiger partial charge is 0.480 e. The van der Waals surface area contributed by atoms with E-state index in [1.807, 2.05) is 51.1 Å². The minimum absolute atomic E-state index is 0.0707. The van der Waals surface area contributed by atoms with Gasteiger partial charge in [0.1, 0.15) is 0 Å². The van der Waals surface area contributed by atoms with Gasteiger partial charge in [-0.1, -0.05) is 23.4 Å². The Morgan fingerprint density at radius 3 is 2.52 bits per heavy atom. The van der Waals surface area contributed by atoms with Gasteiger partial charge in [0.2, 0.25) is 0 Å². The molecule has 1 N–H and O–H groups in total. The zero-order chi connectivity index (χ0) is 15.5. The molecule has 0 radical (unpaired) electrons. The van der Waals surface area contributed by atoms with E-state index in [0.29, 0.717) is 18.3 Å². The maximum Gasteiger partial charge on any atom is 0.317 e. The summed E-state index contributed by atoms with van der Waals surface area (Å²) in [7, 11) is 0. The van der Waals surface area contributed by atoms with E-state index in [4.69, 9.17) is 9.63 Å². The Labute approximate surface area is 123 Å². The molecule has 6 nitrogen and oxygen atoms in total. The lowest BCUT2D eigenvalue weighted by Gasteiger charge is -2.33. The molecule has 0 unspecified atom stereocenters. The van der Waals surface area contributed by atoms with Gasteiger partial charge in [0.25, 0.3) is 5.89 Å². The summed E-state index contributed by atoms with van der Waals surface area (Å²) in [6.45, 7) is 6.11. The van der Waals surface area contributed by atoms with Gasteiger partial charge in [0.05, 0.1) is 13.1 Å². The Morgan fingerprint density at radius 2 is 1.95 bits per heavy atom. The van der Waals surface area contributed by atoms with E-state index in [2.05, 4.69) is 10.1 Å². The number of aliphatic carboxylic acids is 1. The average Bonchev–Trinajstić information content (AvgIpc) is 2.86. The van der Waals surface area contributed by atoms with E-state index in [1.165, 1.54) is 0 Å². The van der Waals surface area contributed by atoms with Crippen LogP contribution in [0.2, 0.25) is 0 Å². The predicted octanol–water partition coefficient (Wildman–Crippen LogP) is 2.42. The van der Waals surface area contributed by atoms with Crippen molar-refractivity contribution < 1.29 is 14.4 Å². The summed E-state index contributed by atoms with van der Waals surface area (Å²) in [5.41, 5.74) is 0.545. The van der Waals surface area contributed by atoms with Gasteiger partial charge in [0.15, 0.2) is 5.82 Å². The predicted molar refractivity (Wildman–Crippen MR) is 77.5 cm³/mol. The fourth-order valence-corrected chi connectivity index (χ4v) is 1.88. The number of hydrogen-bond acceptors (Lipinski definition) is 5. The van der Waals surface area contributed by atoms with E-state index in [0.717, 1.165) is 5.56 Å². The highest BCUT2D eigenvalue weighted by Gasteiger charge is 2.25. The van der Waals surface area contributed by atoms with Crippen LogP contribution in [0.5, 0.6) is 0 Å². The standard InChI is InChI=1S/C15H19N3O3/c1-15(2,3)18(10-13(19)20)9-12-16-14(21-17-12)11-7-5-4-6-8-11/h4-8H,9-10H2,1-3H3,(H,19,20). The molecule has 21 heavy (non-hydrogen) atoms. The van der Waals surface area contributed by atoms with Crippen LogP contribution in [0.25, 0.3) is 11.5 Å². The molecule has 0 fully saturated rings. The van der Waals surface area contributed by atoms with Crippen LogP contribution < -0.4 is 0 Å². The molecule has 0 atom stereocenters. The first-order valence-corrected chi connectivity index (χ1v) is 6.71. The molecular formula is C15H19N3O3. The molecular weight excluding hydrogens is 270 g/mol. The van der Waals surface area contributed by atoms with E-state index < -0.39 is 5.97 Å². The van der Waals surface area contributed by atoms with Crippen LogP contribution in [0.3, 0.4) is 0 Å². The topological polar surface area (TPSA) is 79.5 Å². The van der Waals surface area contributed by atoms with Crippen LogP contribution in [0.15, 0.2) is 34.9 Å². The van der Waals surface area contributed by atoms with Crippen molar-refractivity contribution in [2.75, 3.05) is 6.54 Å². The Hall–Kier alpha value is -2.21. The lowest BCUT2D eigenvalue weighted by atomic mass is 10.1. The summed E-state index contributed by atoms with van der Waals surface area (Å²) >= 11 is 0. The van der Waals surface area contributed by atoms with E-state index in [9.17, 15) is 4.79 Å². The Balaban J connectivity index is 2.15. The van der Waals surface area contributed by atoms with Crippen LogP contribution in [-0.2, 0) is 11.3 Å². The minimum atomic E-state index is -0.878. The zero-order valence-electron chi connectivity index (χ0n) is 12.4. The molecule has 0 saturated heterocycles. The molecule has 0 bridgehead atoms. The third-order valence-electron chi connectivity index (χ3n) is 3.10. The monoisotopic (exact) mass is 289 g/mol. The summed E-state index contributed by atoms with van der Waals surface area (Å²) < 4.78 is 5.23. The van der Waals surface area contributed by atoms with Gasteiger partial charge in [-0.15, -0.1) is 0 Å². The van der Waals surface area contributed by atoms with Crippen molar-refractivity contribution in [1.29, 1.82) is 0 Å². The molecule has 1 aromatic heterocycles. The SMILES string of the molecule is CC(C)(C)N(CC(=O)O)Cc1noc(-c2ccccc2)n1. The molecule has 1 heterocycles. The molecule has 6 heteroatoms. The first kappa shape index (κ1) is 15.2. The highest BCUT2D eigenvalue weighted by atomic mass is 16.5. The summed E-state index contributed by atoms with van der Waals surface area (Å²) in [6.07, 6.45) is 0. The third kappa shape index (κ3) is 4.13. The van der Waals surface area contributed by atoms with Crippen molar-refractivity contribution in [3.8, 4) is 11.5 Å². The molecule has 0 spiro atoms. The zero-order valence-corrected chi connectivity index (χ0v) is 12.4. The van der Waals surface area contributed by atoms with Crippen molar-refractivity contribution in [3.63, 3.8) is 0 Å². The summed E-state index contributed by atoms with van der Waals surface area (Å²) in [5.74, 6) is 0.0384. The molecule has 1 aromatic carbocycles. The molecule has 0 aliphatic rings. The first-order chi connectivity index (χ1) is 9.86. The smallest absolute Gasteiger partial charge is 0.317 e. The van der Waals surface area contributed by atoms with Gasteiger partial charge in [-0.25, -0.2) is 0 Å². The average molecular weight is 289 g/mol. The maximum atomic E-state index is 11.0. The first-order valence-electron chi connectivity index (χ1n) is 6.71. The van der Waals surface area contributed by atoms with Gasteiger partial charge in [-0.3, -0.25) is 9.69 Å². The van der Waals surface area contributed by atoms with Gasteiger partial charge in [-0.05, 0) is 32.9 Å². The second-order valence-corrected chi connectivity index (χ2v) is 5.80. The van der Waals surface area contributed by atoms with Gasteiger partial charge in [-0.2, -0.15) is 4.98 Å². The highest BCUT2D eigenvalue weighted by Crippen LogP contribution is 2.19. The molecule has 0 aliphatic carbocycles. The number of aromatic nitrogens is 2. The summed E-state index contributed by atoms with van der Waals surface area (Å²) in [5, 5.41) is 12.9. The van der Waals surface area contributed by atoms with Crippen molar-refractivity contribution >= 4 is 5.97 Å². The quantitative estimate of drug-likeness (QED) is 0.910. The number of rotatable bonds is 5. The number of carboxylic acids is 1. The molecule has 2 rings (SSSR count). The van der Waals surface area contributed by atoms with Gasteiger partial charge < -0.3 is 9.63 Å². The Bertz CT molecular complexity index is 602. The van der Waals surface area contributed by atoms with Crippen LogP contribution in [0.1, 0.15) is 26.6 Å². The number of hydrogen-bond donors (Lipinski definition) is 1. The van der Waals surface area contributed by atoms with E-state index >= 15 is 0 Å². The van der Waals surface area contributed by atoms with Crippen molar-refractivity contribution in [2.45, 2.75) is 32.9 Å². The highest BCUT2D eigenvalue weighted by molar-refractivity contribution is 5.69. The molecule has 0 aliphatic heterocycles. The number of carboxylic acid groups (broad SMARTS) is 1. The summed E-state index contributed by atoms with van der Waals surface area (Å²) in [4.78, 5) is 17.1. The molecule has 112 valence electrons. The van der Waals surface area contributed by atoms with Crippen LogP contribution >= 0.6 is 0 Å².